The van der Waals surface area contributed by atoms with Crippen molar-refractivity contribution in [3.05, 3.63) is 23.7 Å². The lowest BCUT2D eigenvalue weighted by molar-refractivity contribution is -0.350. The van der Waals surface area contributed by atoms with Gasteiger partial charge in [0.05, 0.1) is 11.9 Å². The first-order chi connectivity index (χ1) is 14.7. The van der Waals surface area contributed by atoms with Crippen molar-refractivity contribution in [3.63, 3.8) is 0 Å². The van der Waals surface area contributed by atoms with Crippen LogP contribution >= 0.6 is 0 Å². The monoisotopic (exact) mass is 450 g/mol. The number of carbonyl (C=O) groups excluding carboxylic acids is 2. The van der Waals surface area contributed by atoms with Crippen LogP contribution in [0.3, 0.4) is 0 Å². The molecule has 8 atom stereocenters. The van der Waals surface area contributed by atoms with E-state index in [1.807, 2.05) is 20.8 Å². The second kappa shape index (κ2) is 7.05. The first-order valence-corrected chi connectivity index (χ1v) is 11.2. The van der Waals surface area contributed by atoms with Crippen LogP contribution in [0.25, 0.3) is 0 Å². The maximum Gasteiger partial charge on any atom is 0.303 e. The average molecular weight is 451 g/mol. The SMILES string of the molecule is CC(=O)O[C@@H]1C2C(Cc3occc3[C@@]2(C)O)[C@@]2(C)[C@@H](OC(C)=O)CCC(C)(C)[C@]2(O)[C@H]1O. The van der Waals surface area contributed by atoms with E-state index in [4.69, 9.17) is 13.9 Å². The molecule has 2 unspecified atom stereocenters. The molecular formula is C24H34O8. The minimum Gasteiger partial charge on any atom is -0.469 e. The molecule has 1 aromatic heterocycles. The molecule has 178 valence electrons. The fourth-order valence-corrected chi connectivity index (χ4v) is 7.32. The van der Waals surface area contributed by atoms with E-state index in [0.717, 1.165) is 0 Å². The van der Waals surface area contributed by atoms with Gasteiger partial charge in [-0.1, -0.05) is 20.8 Å². The van der Waals surface area contributed by atoms with E-state index in [1.54, 1.807) is 13.0 Å². The van der Waals surface area contributed by atoms with Crippen molar-refractivity contribution in [1.29, 1.82) is 0 Å². The highest BCUT2D eigenvalue weighted by Crippen LogP contribution is 2.68. The molecule has 3 aliphatic carbocycles. The fourth-order valence-electron chi connectivity index (χ4n) is 7.32. The molecule has 32 heavy (non-hydrogen) atoms. The van der Waals surface area contributed by atoms with Gasteiger partial charge in [0.15, 0.2) is 0 Å². The summed E-state index contributed by atoms with van der Waals surface area (Å²) < 4.78 is 17.1. The van der Waals surface area contributed by atoms with E-state index in [0.29, 0.717) is 30.6 Å². The molecule has 4 rings (SSSR count). The van der Waals surface area contributed by atoms with Gasteiger partial charge in [-0.15, -0.1) is 0 Å². The Labute approximate surface area is 187 Å². The number of hydrogen-bond acceptors (Lipinski definition) is 8. The Kier molecular flexibility index (Phi) is 5.12. The van der Waals surface area contributed by atoms with Gasteiger partial charge in [0.1, 0.15) is 29.7 Å². The first-order valence-electron chi connectivity index (χ1n) is 11.2. The van der Waals surface area contributed by atoms with E-state index in [1.165, 1.54) is 20.1 Å². The standard InChI is InChI=1S/C24H34O8/c1-12(25)31-17-7-9-21(3,4)24(29)20(27)19(32-13(2)26)18-15(22(17,24)5)11-16-14(8-10-30-16)23(18,6)28/h8,10,15,17-20,27-29H,7,9,11H2,1-6H3/t15?,17-,18?,19+,20-,22-,23+,24+/m0/s1. The molecule has 0 bridgehead atoms. The highest BCUT2D eigenvalue weighted by atomic mass is 16.6. The molecule has 0 aromatic carbocycles. The molecule has 0 spiro atoms. The molecule has 1 heterocycles. The number of carbonyl (C=O) groups is 2. The smallest absolute Gasteiger partial charge is 0.303 e. The average Bonchev–Trinajstić information content (AvgIpc) is 3.15. The number of hydrogen-bond donors (Lipinski definition) is 3. The minimum absolute atomic E-state index is 0.334. The van der Waals surface area contributed by atoms with Crippen molar-refractivity contribution in [2.75, 3.05) is 0 Å². The maximum absolute atomic E-state index is 12.4. The van der Waals surface area contributed by atoms with Crippen molar-refractivity contribution in [3.8, 4) is 0 Å². The third-order valence-corrected chi connectivity index (χ3v) is 8.81. The van der Waals surface area contributed by atoms with E-state index < -0.39 is 64.1 Å². The molecule has 1 aromatic rings. The van der Waals surface area contributed by atoms with Gasteiger partial charge >= 0.3 is 11.9 Å². The maximum atomic E-state index is 12.4. The number of esters is 2. The molecule has 2 fully saturated rings. The summed E-state index contributed by atoms with van der Waals surface area (Å²) >= 11 is 0. The molecule has 0 saturated heterocycles. The molecule has 8 heteroatoms. The van der Waals surface area contributed by atoms with E-state index >= 15 is 0 Å². The lowest BCUT2D eigenvalue weighted by Crippen LogP contribution is -2.81. The fraction of sp³-hybridized carbons (Fsp3) is 0.750. The first kappa shape index (κ1) is 23.3. The Balaban J connectivity index is 1.99. The van der Waals surface area contributed by atoms with Gasteiger partial charge in [-0.2, -0.15) is 0 Å². The lowest BCUT2D eigenvalue weighted by atomic mass is 9.38. The van der Waals surface area contributed by atoms with Crippen molar-refractivity contribution >= 4 is 11.9 Å². The zero-order valence-electron chi connectivity index (χ0n) is 19.5. The van der Waals surface area contributed by atoms with E-state index in [2.05, 4.69) is 0 Å². The van der Waals surface area contributed by atoms with Gasteiger partial charge in [0.2, 0.25) is 0 Å². The molecule has 3 N–H and O–H groups in total. The quantitative estimate of drug-likeness (QED) is 0.585. The molecule has 8 nitrogen and oxygen atoms in total. The van der Waals surface area contributed by atoms with Gasteiger partial charge in [-0.3, -0.25) is 9.59 Å². The summed E-state index contributed by atoms with van der Waals surface area (Å²) in [6.07, 6.45) is -0.565. The Bertz CT molecular complexity index is 932. The number of fused-ring (bicyclic) bond motifs is 4. The van der Waals surface area contributed by atoms with Gasteiger partial charge in [0.25, 0.3) is 0 Å². The van der Waals surface area contributed by atoms with Crippen molar-refractivity contribution < 1.29 is 38.8 Å². The molecule has 0 amide bonds. The summed E-state index contributed by atoms with van der Waals surface area (Å²) in [7, 11) is 0. The van der Waals surface area contributed by atoms with Crippen LogP contribution in [0.2, 0.25) is 0 Å². The van der Waals surface area contributed by atoms with Crippen LogP contribution in [-0.2, 0) is 31.1 Å². The van der Waals surface area contributed by atoms with Crippen LogP contribution in [0.5, 0.6) is 0 Å². The summed E-state index contributed by atoms with van der Waals surface area (Å²) in [6.45, 7) is 9.72. The van der Waals surface area contributed by atoms with Crippen LogP contribution in [0.15, 0.2) is 16.7 Å². The topological polar surface area (TPSA) is 126 Å². The summed E-state index contributed by atoms with van der Waals surface area (Å²) in [5, 5.41) is 35.8. The Morgan fingerprint density at radius 2 is 1.72 bits per heavy atom. The number of aliphatic hydroxyl groups is 3. The lowest BCUT2D eigenvalue weighted by Gasteiger charge is -2.70. The van der Waals surface area contributed by atoms with Gasteiger partial charge in [0, 0.05) is 37.2 Å². The van der Waals surface area contributed by atoms with Crippen LogP contribution in [-0.4, -0.2) is 51.2 Å². The third-order valence-electron chi connectivity index (χ3n) is 8.81. The zero-order chi connectivity index (χ0) is 23.9. The van der Waals surface area contributed by atoms with Crippen LogP contribution in [0.1, 0.15) is 65.7 Å². The summed E-state index contributed by atoms with van der Waals surface area (Å²) in [6, 6.07) is 1.68. The molecule has 0 aliphatic heterocycles. The van der Waals surface area contributed by atoms with Crippen molar-refractivity contribution in [2.24, 2.45) is 22.7 Å². The summed E-state index contributed by atoms with van der Waals surface area (Å²) in [5.74, 6) is -1.80. The zero-order valence-corrected chi connectivity index (χ0v) is 19.5. The van der Waals surface area contributed by atoms with Gasteiger partial charge in [-0.05, 0) is 37.2 Å². The summed E-state index contributed by atoms with van der Waals surface area (Å²) in [4.78, 5) is 24.1. The predicted molar refractivity (Wildman–Crippen MR) is 112 cm³/mol. The largest absolute Gasteiger partial charge is 0.469 e. The minimum atomic E-state index is -1.78. The molecule has 0 radical (unpaired) electrons. The second-order valence-electron chi connectivity index (χ2n) is 10.8. The normalized spacial score (nSPS) is 44.6. The van der Waals surface area contributed by atoms with E-state index in [9.17, 15) is 24.9 Å². The van der Waals surface area contributed by atoms with Crippen molar-refractivity contribution in [2.45, 2.75) is 90.3 Å². The Morgan fingerprint density at radius 3 is 2.31 bits per heavy atom. The number of rotatable bonds is 2. The van der Waals surface area contributed by atoms with Crippen molar-refractivity contribution in [1.82, 2.24) is 0 Å². The van der Waals surface area contributed by atoms with Crippen LogP contribution < -0.4 is 0 Å². The molecular weight excluding hydrogens is 416 g/mol. The van der Waals surface area contributed by atoms with Crippen LogP contribution in [0.4, 0.5) is 0 Å². The predicted octanol–water partition coefficient (Wildman–Crippen LogP) is 2.07. The Hall–Kier alpha value is -1.90. The molecule has 2 saturated carbocycles. The highest BCUT2D eigenvalue weighted by molar-refractivity contribution is 5.67. The number of ether oxygens (including phenoxy) is 2. The van der Waals surface area contributed by atoms with Crippen LogP contribution in [0, 0.1) is 22.7 Å². The van der Waals surface area contributed by atoms with Gasteiger partial charge < -0.3 is 29.2 Å². The van der Waals surface area contributed by atoms with Gasteiger partial charge in [-0.25, -0.2) is 0 Å². The summed E-state index contributed by atoms with van der Waals surface area (Å²) in [5.41, 5.74) is -4.68. The number of aliphatic hydroxyl groups excluding tert-OH is 1. The molecule has 3 aliphatic rings. The second-order valence-corrected chi connectivity index (χ2v) is 10.8. The Morgan fingerprint density at radius 1 is 1.09 bits per heavy atom. The van der Waals surface area contributed by atoms with E-state index in [-0.39, 0.29) is 0 Å². The highest BCUT2D eigenvalue weighted by Gasteiger charge is 2.77. The third kappa shape index (κ3) is 2.78. The number of furan rings is 1.